The molecule has 3 rings (SSSR count). The number of rotatable bonds is 5. The van der Waals surface area contributed by atoms with Gasteiger partial charge in [0.05, 0.1) is 5.75 Å². The van der Waals surface area contributed by atoms with Crippen LogP contribution in [-0.2, 0) is 12.2 Å². The molecule has 6 nitrogen and oxygen atoms in total. The molecule has 21 heavy (non-hydrogen) atoms. The molecule has 0 spiro atoms. The molecule has 3 aromatic rings. The second-order valence-electron chi connectivity index (χ2n) is 4.11. The molecular weight excluding hydrogens is 312 g/mol. The van der Waals surface area contributed by atoms with Crippen molar-refractivity contribution in [2.75, 3.05) is 0 Å². The van der Waals surface area contributed by atoms with E-state index in [9.17, 15) is 0 Å². The predicted molar refractivity (Wildman–Crippen MR) is 78.0 cm³/mol. The summed E-state index contributed by atoms with van der Waals surface area (Å²) in [5.74, 6) is 2.06. The molecule has 0 radical (unpaired) electrons. The molecule has 0 saturated heterocycles. The van der Waals surface area contributed by atoms with Gasteiger partial charge in [0, 0.05) is 17.0 Å². The number of benzene rings is 1. The molecule has 2 heterocycles. The topological polar surface area (TPSA) is 77.8 Å². The van der Waals surface area contributed by atoms with Crippen LogP contribution in [0.15, 0.2) is 38.3 Å². The number of hydrogen-bond acceptors (Lipinski definition) is 7. The van der Waals surface area contributed by atoms with Crippen molar-refractivity contribution < 1.29 is 8.83 Å². The van der Waals surface area contributed by atoms with Crippen molar-refractivity contribution in [1.82, 2.24) is 20.4 Å². The lowest BCUT2D eigenvalue weighted by Gasteiger charge is -1.94. The number of nitrogens with zero attached hydrogens (tertiary/aromatic N) is 4. The Balaban J connectivity index is 1.66. The van der Waals surface area contributed by atoms with Gasteiger partial charge in [-0.15, -0.1) is 20.4 Å². The average Bonchev–Trinajstić information content (AvgIpc) is 3.15. The van der Waals surface area contributed by atoms with Crippen LogP contribution in [0.1, 0.15) is 18.7 Å². The number of aryl methyl sites for hydroxylation is 1. The van der Waals surface area contributed by atoms with E-state index < -0.39 is 0 Å². The van der Waals surface area contributed by atoms with E-state index in [-0.39, 0.29) is 0 Å². The molecule has 0 amide bonds. The van der Waals surface area contributed by atoms with E-state index in [1.807, 2.05) is 19.1 Å². The van der Waals surface area contributed by atoms with E-state index in [1.165, 1.54) is 11.8 Å². The minimum absolute atomic E-state index is 0.460. The maximum Gasteiger partial charge on any atom is 0.277 e. The van der Waals surface area contributed by atoms with Gasteiger partial charge in [0.15, 0.2) is 0 Å². The minimum Gasteiger partial charge on any atom is -0.420 e. The second-order valence-corrected chi connectivity index (χ2v) is 5.47. The van der Waals surface area contributed by atoms with Crippen LogP contribution in [0.5, 0.6) is 0 Å². The number of halogens is 1. The SMILES string of the molecule is CCc1nnc(SCc2nnc(-c3ccc(Cl)cc3)o2)o1. The van der Waals surface area contributed by atoms with Crippen LogP contribution in [0.4, 0.5) is 0 Å². The normalized spacial score (nSPS) is 11.0. The van der Waals surface area contributed by atoms with Crippen molar-refractivity contribution >= 4 is 23.4 Å². The Hall–Kier alpha value is -1.86. The van der Waals surface area contributed by atoms with Gasteiger partial charge in [-0.05, 0) is 24.3 Å². The molecule has 0 unspecified atom stereocenters. The molecule has 0 aliphatic heterocycles. The Morgan fingerprint density at radius 1 is 1.00 bits per heavy atom. The van der Waals surface area contributed by atoms with Crippen LogP contribution in [0.3, 0.4) is 0 Å². The van der Waals surface area contributed by atoms with Crippen LogP contribution in [0.2, 0.25) is 5.02 Å². The van der Waals surface area contributed by atoms with Gasteiger partial charge in [-0.25, -0.2) is 0 Å². The Kier molecular flexibility index (Phi) is 4.21. The van der Waals surface area contributed by atoms with Gasteiger partial charge in [0.2, 0.25) is 17.7 Å². The van der Waals surface area contributed by atoms with E-state index >= 15 is 0 Å². The number of hydrogen-bond donors (Lipinski definition) is 0. The summed E-state index contributed by atoms with van der Waals surface area (Å²) >= 11 is 7.21. The third-order valence-corrected chi connectivity index (χ3v) is 3.68. The fourth-order valence-electron chi connectivity index (χ4n) is 1.58. The van der Waals surface area contributed by atoms with Gasteiger partial charge < -0.3 is 8.83 Å². The van der Waals surface area contributed by atoms with Crippen molar-refractivity contribution in [2.45, 2.75) is 24.3 Å². The summed E-state index contributed by atoms with van der Waals surface area (Å²) in [6.07, 6.45) is 0.717. The maximum absolute atomic E-state index is 5.84. The zero-order chi connectivity index (χ0) is 14.7. The van der Waals surface area contributed by atoms with E-state index in [4.69, 9.17) is 20.4 Å². The Labute approximate surface area is 129 Å². The molecule has 8 heteroatoms. The molecule has 0 saturated carbocycles. The van der Waals surface area contributed by atoms with Gasteiger partial charge in [-0.3, -0.25) is 0 Å². The van der Waals surface area contributed by atoms with E-state index in [0.29, 0.717) is 33.7 Å². The van der Waals surface area contributed by atoms with Crippen LogP contribution in [-0.4, -0.2) is 20.4 Å². The standard InChI is InChI=1S/C13H11ClN4O2S/c1-2-10-15-18-13(20-10)21-7-11-16-17-12(19-11)8-3-5-9(14)6-4-8/h3-6H,2,7H2,1H3. The van der Waals surface area contributed by atoms with Crippen molar-refractivity contribution in [3.05, 3.63) is 41.1 Å². The van der Waals surface area contributed by atoms with E-state index in [0.717, 1.165) is 12.0 Å². The fraction of sp³-hybridized carbons (Fsp3) is 0.231. The summed E-state index contributed by atoms with van der Waals surface area (Å²) in [5, 5.41) is 17.0. The highest BCUT2D eigenvalue weighted by Crippen LogP contribution is 2.24. The molecule has 1 aromatic carbocycles. The summed E-state index contributed by atoms with van der Waals surface area (Å²) in [5.41, 5.74) is 0.828. The zero-order valence-electron chi connectivity index (χ0n) is 11.1. The Morgan fingerprint density at radius 3 is 2.48 bits per heavy atom. The first-order valence-electron chi connectivity index (χ1n) is 6.28. The summed E-state index contributed by atoms with van der Waals surface area (Å²) in [7, 11) is 0. The lowest BCUT2D eigenvalue weighted by atomic mass is 10.2. The van der Waals surface area contributed by atoms with Crippen LogP contribution in [0, 0.1) is 0 Å². The molecule has 108 valence electrons. The lowest BCUT2D eigenvalue weighted by Crippen LogP contribution is -1.80. The highest BCUT2D eigenvalue weighted by atomic mass is 35.5. The van der Waals surface area contributed by atoms with Crippen molar-refractivity contribution in [1.29, 1.82) is 0 Å². The van der Waals surface area contributed by atoms with Crippen LogP contribution in [0.25, 0.3) is 11.5 Å². The van der Waals surface area contributed by atoms with Crippen molar-refractivity contribution in [3.63, 3.8) is 0 Å². The molecule has 0 atom stereocenters. The van der Waals surface area contributed by atoms with Gasteiger partial charge in [-0.1, -0.05) is 30.3 Å². The third-order valence-electron chi connectivity index (χ3n) is 2.63. The van der Waals surface area contributed by atoms with Gasteiger partial charge >= 0.3 is 0 Å². The lowest BCUT2D eigenvalue weighted by molar-refractivity contribution is 0.416. The first-order chi connectivity index (χ1) is 10.2. The summed E-state index contributed by atoms with van der Waals surface area (Å²) in [6, 6.07) is 7.22. The van der Waals surface area contributed by atoms with Gasteiger partial charge in [0.25, 0.3) is 5.22 Å². The molecule has 0 aliphatic rings. The predicted octanol–water partition coefficient (Wildman–Crippen LogP) is 3.63. The number of thioether (sulfide) groups is 1. The largest absolute Gasteiger partial charge is 0.420 e. The van der Waals surface area contributed by atoms with Crippen LogP contribution < -0.4 is 0 Å². The van der Waals surface area contributed by atoms with Crippen LogP contribution >= 0.6 is 23.4 Å². The molecule has 0 bridgehead atoms. The molecule has 0 fully saturated rings. The second kappa shape index (κ2) is 6.28. The van der Waals surface area contributed by atoms with Crippen molar-refractivity contribution in [2.24, 2.45) is 0 Å². The smallest absolute Gasteiger partial charge is 0.277 e. The zero-order valence-corrected chi connectivity index (χ0v) is 12.7. The summed E-state index contributed by atoms with van der Waals surface area (Å²) < 4.78 is 11.0. The highest BCUT2D eigenvalue weighted by Gasteiger charge is 2.11. The van der Waals surface area contributed by atoms with Gasteiger partial charge in [0.1, 0.15) is 0 Å². The molecule has 0 aliphatic carbocycles. The first-order valence-corrected chi connectivity index (χ1v) is 7.64. The van der Waals surface area contributed by atoms with E-state index in [1.54, 1.807) is 12.1 Å². The minimum atomic E-state index is 0.460. The van der Waals surface area contributed by atoms with Gasteiger partial charge in [-0.2, -0.15) is 0 Å². The molecule has 0 N–H and O–H groups in total. The highest BCUT2D eigenvalue weighted by molar-refractivity contribution is 7.98. The average molecular weight is 323 g/mol. The Bertz CT molecular complexity index is 726. The molecular formula is C13H11ClN4O2S. The summed E-state index contributed by atoms with van der Waals surface area (Å²) in [6.45, 7) is 1.96. The van der Waals surface area contributed by atoms with E-state index in [2.05, 4.69) is 20.4 Å². The summed E-state index contributed by atoms with van der Waals surface area (Å²) in [4.78, 5) is 0. The third kappa shape index (κ3) is 3.43. The number of aromatic nitrogens is 4. The van der Waals surface area contributed by atoms with Crippen molar-refractivity contribution in [3.8, 4) is 11.5 Å². The fourth-order valence-corrected chi connectivity index (χ4v) is 2.33. The maximum atomic E-state index is 5.84. The first kappa shape index (κ1) is 14.1. The quantitative estimate of drug-likeness (QED) is 0.664. The Morgan fingerprint density at radius 2 is 1.76 bits per heavy atom. The molecule has 2 aromatic heterocycles. The monoisotopic (exact) mass is 322 g/mol.